The van der Waals surface area contributed by atoms with Crippen molar-refractivity contribution in [2.75, 3.05) is 13.6 Å². The number of likely N-dealkylation sites (N-methyl/N-ethyl adjacent to an activating group) is 1. The fourth-order valence-electron chi connectivity index (χ4n) is 2.68. The van der Waals surface area contributed by atoms with Crippen LogP contribution in [-0.4, -0.2) is 37.3 Å². The Kier molecular flexibility index (Phi) is 6.79. The summed E-state index contributed by atoms with van der Waals surface area (Å²) >= 11 is 3.27. The molecule has 6 nitrogen and oxygen atoms in total. The lowest BCUT2D eigenvalue weighted by Gasteiger charge is -2.21. The molecule has 0 fully saturated rings. The summed E-state index contributed by atoms with van der Waals surface area (Å²) in [6, 6.07) is 20.7. The Bertz CT molecular complexity index is 1020. The molecule has 0 aliphatic carbocycles. The summed E-state index contributed by atoms with van der Waals surface area (Å²) in [6.45, 7) is -0.422. The van der Waals surface area contributed by atoms with Gasteiger partial charge in [-0.2, -0.15) is 4.31 Å². The van der Waals surface area contributed by atoms with Crippen LogP contribution in [0.25, 0.3) is 0 Å². The number of esters is 1. The number of hydrogen-bond donors (Lipinski definition) is 0. The highest BCUT2D eigenvalue weighted by atomic mass is 79.9. The van der Waals surface area contributed by atoms with Gasteiger partial charge in [-0.1, -0.05) is 52.3 Å². The normalized spacial score (nSPS) is 12.5. The zero-order chi connectivity index (χ0) is 20.9. The van der Waals surface area contributed by atoms with E-state index in [1.54, 1.807) is 36.5 Å². The first-order valence-electron chi connectivity index (χ1n) is 8.75. The van der Waals surface area contributed by atoms with Crippen LogP contribution in [0.15, 0.2) is 88.4 Å². The van der Waals surface area contributed by atoms with Crippen LogP contribution in [0.4, 0.5) is 0 Å². The third-order valence-corrected chi connectivity index (χ3v) is 6.53. The molecular weight excluding hydrogens is 456 g/mol. The van der Waals surface area contributed by atoms with E-state index in [1.807, 2.05) is 30.3 Å². The van der Waals surface area contributed by atoms with Crippen LogP contribution in [-0.2, 0) is 19.6 Å². The second-order valence-corrected chi connectivity index (χ2v) is 9.21. The Morgan fingerprint density at radius 1 is 1.03 bits per heavy atom. The Labute approximate surface area is 178 Å². The highest BCUT2D eigenvalue weighted by Gasteiger charge is 2.26. The summed E-state index contributed by atoms with van der Waals surface area (Å²) in [5, 5.41) is 0. The van der Waals surface area contributed by atoms with E-state index in [0.717, 1.165) is 14.3 Å². The second-order valence-electron chi connectivity index (χ2n) is 6.25. The van der Waals surface area contributed by atoms with Gasteiger partial charge >= 0.3 is 5.97 Å². The van der Waals surface area contributed by atoms with Gasteiger partial charge in [0.1, 0.15) is 6.54 Å². The van der Waals surface area contributed by atoms with E-state index in [1.165, 1.54) is 19.2 Å². The average molecular weight is 475 g/mol. The predicted molar refractivity (Wildman–Crippen MR) is 113 cm³/mol. The molecule has 1 heterocycles. The van der Waals surface area contributed by atoms with Crippen molar-refractivity contribution < 1.29 is 17.9 Å². The standard InChI is InChI=1S/C21H19BrN2O4S/c1-24(29(26,27)18-12-10-17(22)11-13-18)15-20(25)28-21(16-7-3-2-4-8-16)19-9-5-6-14-23-19/h2-14,21H,15H2,1H3/t21-/m1/s1. The van der Waals surface area contributed by atoms with Gasteiger partial charge in [-0.15, -0.1) is 0 Å². The van der Waals surface area contributed by atoms with Crippen LogP contribution in [0.5, 0.6) is 0 Å². The molecule has 29 heavy (non-hydrogen) atoms. The number of sulfonamides is 1. The quantitative estimate of drug-likeness (QED) is 0.486. The van der Waals surface area contributed by atoms with Crippen molar-refractivity contribution in [1.82, 2.24) is 9.29 Å². The fraction of sp³-hybridized carbons (Fsp3) is 0.143. The summed E-state index contributed by atoms with van der Waals surface area (Å²) in [7, 11) is -2.48. The molecule has 2 aromatic carbocycles. The molecule has 0 aliphatic rings. The van der Waals surface area contributed by atoms with Crippen LogP contribution >= 0.6 is 15.9 Å². The molecule has 0 saturated heterocycles. The molecule has 1 atom stereocenters. The molecule has 3 rings (SSSR count). The zero-order valence-corrected chi connectivity index (χ0v) is 18.0. The maximum Gasteiger partial charge on any atom is 0.322 e. The largest absolute Gasteiger partial charge is 0.450 e. The minimum absolute atomic E-state index is 0.0975. The minimum Gasteiger partial charge on any atom is -0.450 e. The van der Waals surface area contributed by atoms with Gasteiger partial charge in [-0.25, -0.2) is 8.42 Å². The van der Waals surface area contributed by atoms with Gasteiger partial charge in [-0.05, 0) is 42.0 Å². The third kappa shape index (κ3) is 5.29. The molecule has 0 radical (unpaired) electrons. The van der Waals surface area contributed by atoms with E-state index in [-0.39, 0.29) is 4.90 Å². The Morgan fingerprint density at radius 3 is 2.31 bits per heavy atom. The average Bonchev–Trinajstić information content (AvgIpc) is 2.73. The number of carbonyl (C=O) groups is 1. The number of benzene rings is 2. The van der Waals surface area contributed by atoms with Crippen LogP contribution < -0.4 is 0 Å². The number of pyridine rings is 1. The number of halogens is 1. The van der Waals surface area contributed by atoms with Crippen molar-refractivity contribution in [3.63, 3.8) is 0 Å². The van der Waals surface area contributed by atoms with Gasteiger partial charge in [0.25, 0.3) is 0 Å². The van der Waals surface area contributed by atoms with E-state index in [4.69, 9.17) is 4.74 Å². The number of rotatable bonds is 7. The highest BCUT2D eigenvalue weighted by molar-refractivity contribution is 9.10. The van der Waals surface area contributed by atoms with E-state index in [2.05, 4.69) is 20.9 Å². The van der Waals surface area contributed by atoms with Crippen molar-refractivity contribution >= 4 is 31.9 Å². The molecule has 1 aromatic heterocycles. The molecule has 3 aromatic rings. The maximum atomic E-state index is 12.7. The molecule has 0 aliphatic heterocycles. The molecule has 0 bridgehead atoms. The highest BCUT2D eigenvalue weighted by Crippen LogP contribution is 2.25. The lowest BCUT2D eigenvalue weighted by atomic mass is 10.1. The molecule has 0 saturated carbocycles. The third-order valence-electron chi connectivity index (χ3n) is 4.18. The lowest BCUT2D eigenvalue weighted by molar-refractivity contribution is -0.147. The molecule has 150 valence electrons. The predicted octanol–water partition coefficient (Wildman–Crippen LogP) is 3.80. The minimum atomic E-state index is -3.82. The monoisotopic (exact) mass is 474 g/mol. The molecule has 0 N–H and O–H groups in total. The summed E-state index contributed by atoms with van der Waals surface area (Å²) < 4.78 is 32.8. The summed E-state index contributed by atoms with van der Waals surface area (Å²) in [5.41, 5.74) is 1.31. The summed E-state index contributed by atoms with van der Waals surface area (Å²) in [5.74, 6) is -0.673. The van der Waals surface area contributed by atoms with Gasteiger partial charge in [-0.3, -0.25) is 9.78 Å². The Morgan fingerprint density at radius 2 is 1.69 bits per heavy atom. The number of ether oxygens (including phenoxy) is 1. The Hall–Kier alpha value is -2.55. The first-order chi connectivity index (χ1) is 13.9. The number of aromatic nitrogens is 1. The van der Waals surface area contributed by atoms with Crippen LogP contribution in [0.3, 0.4) is 0 Å². The summed E-state index contributed by atoms with van der Waals surface area (Å²) in [6.07, 6.45) is 0.886. The first-order valence-corrected chi connectivity index (χ1v) is 11.0. The zero-order valence-electron chi connectivity index (χ0n) is 15.6. The number of hydrogen-bond acceptors (Lipinski definition) is 5. The van der Waals surface area contributed by atoms with Crippen molar-refractivity contribution in [2.45, 2.75) is 11.0 Å². The smallest absolute Gasteiger partial charge is 0.322 e. The van der Waals surface area contributed by atoms with Crippen LogP contribution in [0.2, 0.25) is 0 Å². The van der Waals surface area contributed by atoms with Crippen molar-refractivity contribution in [2.24, 2.45) is 0 Å². The van der Waals surface area contributed by atoms with Gasteiger partial charge in [0.05, 0.1) is 10.6 Å². The molecular formula is C21H19BrN2O4S. The Balaban J connectivity index is 1.77. The summed E-state index contributed by atoms with van der Waals surface area (Å²) in [4.78, 5) is 17.0. The molecule has 0 spiro atoms. The fourth-order valence-corrected chi connectivity index (χ4v) is 4.06. The van der Waals surface area contributed by atoms with Crippen molar-refractivity contribution in [3.05, 3.63) is 94.7 Å². The van der Waals surface area contributed by atoms with Crippen molar-refractivity contribution in [3.8, 4) is 0 Å². The lowest BCUT2D eigenvalue weighted by Crippen LogP contribution is -2.33. The van der Waals surface area contributed by atoms with Gasteiger partial charge in [0.2, 0.25) is 10.0 Å². The number of carbonyl (C=O) groups excluding carboxylic acids is 1. The SMILES string of the molecule is CN(CC(=O)O[C@H](c1ccccc1)c1ccccn1)S(=O)(=O)c1ccc(Br)cc1. The molecule has 8 heteroatoms. The van der Waals surface area contributed by atoms with Gasteiger partial charge < -0.3 is 4.74 Å². The van der Waals surface area contributed by atoms with E-state index in [9.17, 15) is 13.2 Å². The van der Waals surface area contributed by atoms with Crippen LogP contribution in [0.1, 0.15) is 17.4 Å². The number of nitrogens with zero attached hydrogens (tertiary/aromatic N) is 2. The first kappa shape index (κ1) is 21.2. The molecule has 0 amide bonds. The van der Waals surface area contributed by atoms with Gasteiger partial charge in [0, 0.05) is 17.7 Å². The molecule has 0 unspecified atom stereocenters. The van der Waals surface area contributed by atoms with E-state index < -0.39 is 28.6 Å². The van der Waals surface area contributed by atoms with E-state index >= 15 is 0 Å². The van der Waals surface area contributed by atoms with Crippen LogP contribution in [0, 0.1) is 0 Å². The van der Waals surface area contributed by atoms with Gasteiger partial charge in [0.15, 0.2) is 6.10 Å². The maximum absolute atomic E-state index is 12.7. The second kappa shape index (κ2) is 9.30. The van der Waals surface area contributed by atoms with Crippen molar-refractivity contribution in [1.29, 1.82) is 0 Å². The topological polar surface area (TPSA) is 76.6 Å². The van der Waals surface area contributed by atoms with E-state index in [0.29, 0.717) is 5.69 Å².